The minimum Gasteiger partial charge on any atom is -0.490 e. The Bertz CT molecular complexity index is 439. The van der Waals surface area contributed by atoms with Gasteiger partial charge in [-0.25, -0.2) is 0 Å². The van der Waals surface area contributed by atoms with E-state index in [0.717, 1.165) is 0 Å². The third kappa shape index (κ3) is 5.19. The molecule has 20 heavy (non-hydrogen) atoms. The van der Waals surface area contributed by atoms with Gasteiger partial charge in [0.25, 0.3) is 0 Å². The van der Waals surface area contributed by atoms with Crippen LogP contribution >= 0.6 is 24.0 Å². The van der Waals surface area contributed by atoms with Gasteiger partial charge >= 0.3 is 0 Å². The Hall–Kier alpha value is -0.970. The SMILES string of the molecule is CN(CCOc1ccccc1Cl)C(=O)C(C)(C)CN.Cl. The van der Waals surface area contributed by atoms with Gasteiger partial charge in [0.15, 0.2) is 0 Å². The van der Waals surface area contributed by atoms with E-state index in [-0.39, 0.29) is 18.3 Å². The molecule has 0 saturated carbocycles. The molecular formula is C14H22Cl2N2O2. The predicted octanol–water partition coefficient (Wildman–Crippen LogP) is 2.58. The average molecular weight is 321 g/mol. The molecule has 0 saturated heterocycles. The zero-order chi connectivity index (χ0) is 14.5. The summed E-state index contributed by atoms with van der Waals surface area (Å²) in [4.78, 5) is 13.7. The first kappa shape index (κ1) is 19.0. The molecule has 0 aliphatic rings. The van der Waals surface area contributed by atoms with Gasteiger partial charge in [-0.1, -0.05) is 23.7 Å². The molecule has 6 heteroatoms. The third-order valence-electron chi connectivity index (χ3n) is 2.96. The number of hydrogen-bond acceptors (Lipinski definition) is 3. The van der Waals surface area contributed by atoms with Gasteiger partial charge in [-0.3, -0.25) is 4.79 Å². The highest BCUT2D eigenvalue weighted by atomic mass is 35.5. The molecule has 114 valence electrons. The largest absolute Gasteiger partial charge is 0.490 e. The lowest BCUT2D eigenvalue weighted by Crippen LogP contribution is -2.44. The molecule has 0 spiro atoms. The minimum absolute atomic E-state index is 0. The van der Waals surface area contributed by atoms with Crippen molar-refractivity contribution >= 4 is 29.9 Å². The Morgan fingerprint density at radius 2 is 2.00 bits per heavy atom. The highest BCUT2D eigenvalue weighted by Crippen LogP contribution is 2.23. The molecule has 1 rings (SSSR count). The molecule has 1 aromatic carbocycles. The Morgan fingerprint density at radius 3 is 2.55 bits per heavy atom. The number of hydrogen-bond donors (Lipinski definition) is 1. The zero-order valence-electron chi connectivity index (χ0n) is 12.1. The molecule has 0 aliphatic heterocycles. The van der Waals surface area contributed by atoms with Crippen LogP contribution in [0, 0.1) is 5.41 Å². The van der Waals surface area contributed by atoms with Crippen LogP contribution in [-0.2, 0) is 4.79 Å². The molecule has 0 bridgehead atoms. The van der Waals surface area contributed by atoms with Crippen LogP contribution in [0.15, 0.2) is 24.3 Å². The highest BCUT2D eigenvalue weighted by Gasteiger charge is 2.28. The van der Waals surface area contributed by atoms with E-state index in [2.05, 4.69) is 0 Å². The van der Waals surface area contributed by atoms with E-state index in [1.54, 1.807) is 24.1 Å². The van der Waals surface area contributed by atoms with Crippen molar-refractivity contribution in [3.63, 3.8) is 0 Å². The summed E-state index contributed by atoms with van der Waals surface area (Å²) in [5, 5.41) is 0.568. The van der Waals surface area contributed by atoms with Crippen molar-refractivity contribution in [2.45, 2.75) is 13.8 Å². The number of para-hydroxylation sites is 1. The fraction of sp³-hybridized carbons (Fsp3) is 0.500. The Balaban J connectivity index is 0.00000361. The van der Waals surface area contributed by atoms with Crippen molar-refractivity contribution in [2.75, 3.05) is 26.7 Å². The number of amides is 1. The molecule has 4 nitrogen and oxygen atoms in total. The van der Waals surface area contributed by atoms with Crippen molar-refractivity contribution in [2.24, 2.45) is 11.1 Å². The fourth-order valence-electron chi connectivity index (χ4n) is 1.56. The highest BCUT2D eigenvalue weighted by molar-refractivity contribution is 6.32. The number of carbonyl (C=O) groups is 1. The van der Waals surface area contributed by atoms with Crippen LogP contribution in [0.1, 0.15) is 13.8 Å². The molecule has 0 radical (unpaired) electrons. The first-order valence-corrected chi connectivity index (χ1v) is 6.59. The van der Waals surface area contributed by atoms with E-state index in [1.807, 2.05) is 26.0 Å². The summed E-state index contributed by atoms with van der Waals surface area (Å²) in [7, 11) is 1.75. The second-order valence-electron chi connectivity index (χ2n) is 5.09. The molecule has 0 fully saturated rings. The summed E-state index contributed by atoms with van der Waals surface area (Å²) in [6.07, 6.45) is 0. The topological polar surface area (TPSA) is 55.6 Å². The summed E-state index contributed by atoms with van der Waals surface area (Å²) >= 11 is 5.98. The molecule has 0 heterocycles. The summed E-state index contributed by atoms with van der Waals surface area (Å²) in [6.45, 7) is 4.88. The molecule has 0 unspecified atom stereocenters. The first-order chi connectivity index (χ1) is 8.88. The van der Waals surface area contributed by atoms with Crippen LogP contribution in [0.5, 0.6) is 5.75 Å². The lowest BCUT2D eigenvalue weighted by atomic mass is 9.92. The van der Waals surface area contributed by atoms with Gasteiger partial charge in [0.1, 0.15) is 12.4 Å². The Labute approximate surface area is 131 Å². The van der Waals surface area contributed by atoms with E-state index < -0.39 is 5.41 Å². The van der Waals surface area contributed by atoms with Crippen molar-refractivity contribution in [3.8, 4) is 5.75 Å². The van der Waals surface area contributed by atoms with Gasteiger partial charge in [-0.05, 0) is 26.0 Å². The van der Waals surface area contributed by atoms with Crippen LogP contribution in [-0.4, -0.2) is 37.6 Å². The molecule has 2 N–H and O–H groups in total. The van der Waals surface area contributed by atoms with Crippen LogP contribution in [0.3, 0.4) is 0 Å². The number of nitrogens with two attached hydrogens (primary N) is 1. The number of ether oxygens (including phenoxy) is 1. The number of likely N-dealkylation sites (N-methyl/N-ethyl adjacent to an activating group) is 1. The van der Waals surface area contributed by atoms with Crippen molar-refractivity contribution in [1.29, 1.82) is 0 Å². The minimum atomic E-state index is -0.543. The normalized spacial score (nSPS) is 10.7. The van der Waals surface area contributed by atoms with Crippen molar-refractivity contribution in [1.82, 2.24) is 4.90 Å². The third-order valence-corrected chi connectivity index (χ3v) is 3.27. The molecule has 0 atom stereocenters. The number of carbonyl (C=O) groups excluding carboxylic acids is 1. The Morgan fingerprint density at radius 1 is 1.40 bits per heavy atom. The van der Waals surface area contributed by atoms with Gasteiger partial charge in [0.05, 0.1) is 17.0 Å². The summed E-state index contributed by atoms with van der Waals surface area (Å²) in [5.74, 6) is 0.640. The number of rotatable bonds is 6. The second kappa shape index (κ2) is 8.35. The van der Waals surface area contributed by atoms with Crippen LogP contribution in [0.4, 0.5) is 0 Å². The maximum atomic E-state index is 12.1. The lowest BCUT2D eigenvalue weighted by Gasteiger charge is -2.28. The van der Waals surface area contributed by atoms with E-state index in [1.165, 1.54) is 0 Å². The van der Waals surface area contributed by atoms with E-state index in [4.69, 9.17) is 22.1 Å². The van der Waals surface area contributed by atoms with E-state index in [9.17, 15) is 4.79 Å². The van der Waals surface area contributed by atoms with Crippen molar-refractivity contribution < 1.29 is 9.53 Å². The quantitative estimate of drug-likeness (QED) is 0.876. The monoisotopic (exact) mass is 320 g/mol. The van der Waals surface area contributed by atoms with E-state index in [0.29, 0.717) is 30.5 Å². The Kier molecular flexibility index (Phi) is 7.94. The van der Waals surface area contributed by atoms with Crippen LogP contribution in [0.25, 0.3) is 0 Å². The predicted molar refractivity (Wildman–Crippen MR) is 84.7 cm³/mol. The molecular weight excluding hydrogens is 299 g/mol. The fourth-order valence-corrected chi connectivity index (χ4v) is 1.75. The standard InChI is InChI=1S/C14H21ClN2O2.ClH/c1-14(2,10-16)13(18)17(3)8-9-19-12-7-5-4-6-11(12)15;/h4-7H,8-10,16H2,1-3H3;1H. The van der Waals surface area contributed by atoms with Crippen LogP contribution < -0.4 is 10.5 Å². The number of nitrogens with zero attached hydrogens (tertiary/aromatic N) is 1. The number of halogens is 2. The van der Waals surface area contributed by atoms with Gasteiger partial charge < -0.3 is 15.4 Å². The summed E-state index contributed by atoms with van der Waals surface area (Å²) in [5.41, 5.74) is 5.05. The maximum Gasteiger partial charge on any atom is 0.229 e. The first-order valence-electron chi connectivity index (χ1n) is 6.21. The molecule has 0 aromatic heterocycles. The number of benzene rings is 1. The van der Waals surface area contributed by atoms with Gasteiger partial charge in [-0.2, -0.15) is 0 Å². The lowest BCUT2D eigenvalue weighted by molar-refractivity contribution is -0.138. The summed E-state index contributed by atoms with van der Waals surface area (Å²) in [6, 6.07) is 7.26. The molecule has 0 aliphatic carbocycles. The summed E-state index contributed by atoms with van der Waals surface area (Å²) < 4.78 is 5.55. The van der Waals surface area contributed by atoms with Gasteiger partial charge in [-0.15, -0.1) is 12.4 Å². The second-order valence-corrected chi connectivity index (χ2v) is 5.50. The molecule has 1 aromatic rings. The van der Waals surface area contributed by atoms with Gasteiger partial charge in [0.2, 0.25) is 5.91 Å². The maximum absolute atomic E-state index is 12.1. The smallest absolute Gasteiger partial charge is 0.229 e. The van der Waals surface area contributed by atoms with Gasteiger partial charge in [0, 0.05) is 13.6 Å². The van der Waals surface area contributed by atoms with Crippen molar-refractivity contribution in [3.05, 3.63) is 29.3 Å². The zero-order valence-corrected chi connectivity index (χ0v) is 13.6. The average Bonchev–Trinajstić information content (AvgIpc) is 2.39. The van der Waals surface area contributed by atoms with Crippen LogP contribution in [0.2, 0.25) is 5.02 Å². The van der Waals surface area contributed by atoms with E-state index >= 15 is 0 Å². The molecule has 1 amide bonds.